The highest BCUT2D eigenvalue weighted by Crippen LogP contribution is 2.29. The molecule has 0 aliphatic rings. The molecule has 0 fully saturated rings. The van der Waals surface area contributed by atoms with Gasteiger partial charge in [-0.2, -0.15) is 0 Å². The highest BCUT2D eigenvalue weighted by atomic mass is 35.5. The molecule has 0 spiro atoms. The number of nitrogens with one attached hydrogen (secondary N) is 2. The van der Waals surface area contributed by atoms with Gasteiger partial charge in [0.1, 0.15) is 18.1 Å². The van der Waals surface area contributed by atoms with Crippen LogP contribution in [0.25, 0.3) is 32.7 Å². The van der Waals surface area contributed by atoms with E-state index in [0.29, 0.717) is 24.7 Å². The number of hydrogen-bond acceptors (Lipinski definition) is 6. The van der Waals surface area contributed by atoms with Gasteiger partial charge in [0.25, 0.3) is 0 Å². The molecule has 4 aromatic heterocycles. The Hall–Kier alpha value is -4.17. The topological polar surface area (TPSA) is 93.5 Å². The van der Waals surface area contributed by atoms with E-state index in [0.717, 1.165) is 50.1 Å². The Bertz CT molecular complexity index is 1670. The molecule has 6 rings (SSSR count). The maximum atomic E-state index is 6.08. The smallest absolute Gasteiger partial charge is 0.134 e. The van der Waals surface area contributed by atoms with Crippen molar-refractivity contribution in [2.45, 2.75) is 20.1 Å². The molecule has 8 nitrogen and oxygen atoms in total. The molecule has 0 atom stereocenters. The van der Waals surface area contributed by atoms with Crippen LogP contribution in [-0.2, 0) is 13.2 Å². The Morgan fingerprint density at radius 3 is 2.83 bits per heavy atom. The summed E-state index contributed by atoms with van der Waals surface area (Å²) in [6.07, 6.45) is 5.52. The molecule has 4 heterocycles. The van der Waals surface area contributed by atoms with Crippen LogP contribution in [0.2, 0.25) is 5.02 Å². The number of benzene rings is 2. The minimum Gasteiger partial charge on any atom is -0.487 e. The van der Waals surface area contributed by atoms with Crippen LogP contribution >= 0.6 is 11.6 Å². The first kappa shape index (κ1) is 21.4. The second kappa shape index (κ2) is 8.88. The van der Waals surface area contributed by atoms with Crippen LogP contribution in [0.4, 0.5) is 5.69 Å². The van der Waals surface area contributed by atoms with Gasteiger partial charge in [-0.1, -0.05) is 16.8 Å². The molecule has 174 valence electrons. The lowest BCUT2D eigenvalue weighted by Crippen LogP contribution is -2.11. The number of fused-ring (bicyclic) bond motifs is 4. The van der Waals surface area contributed by atoms with Gasteiger partial charge in [0, 0.05) is 51.9 Å². The molecule has 0 saturated heterocycles. The van der Waals surface area contributed by atoms with Crippen molar-refractivity contribution in [1.29, 1.82) is 0 Å². The van der Waals surface area contributed by atoms with E-state index in [1.165, 1.54) is 5.39 Å². The largest absolute Gasteiger partial charge is 0.487 e. The number of H-pyrrole nitrogens is 1. The van der Waals surface area contributed by atoms with Crippen LogP contribution in [-0.4, -0.2) is 36.5 Å². The molecule has 0 unspecified atom stereocenters. The summed E-state index contributed by atoms with van der Waals surface area (Å²) in [7, 11) is 0. The number of hydrogen-bond donors (Lipinski definition) is 2. The fourth-order valence-corrected chi connectivity index (χ4v) is 4.45. The molecule has 0 saturated carbocycles. The third kappa shape index (κ3) is 4.24. The highest BCUT2D eigenvalue weighted by Gasteiger charge is 2.09. The van der Waals surface area contributed by atoms with Gasteiger partial charge in [-0.3, -0.25) is 14.6 Å². The fraction of sp³-hybridized carbons (Fsp3) is 0.154. The Labute approximate surface area is 205 Å². The maximum absolute atomic E-state index is 6.08. The Morgan fingerprint density at radius 2 is 1.89 bits per heavy atom. The second-order valence-corrected chi connectivity index (χ2v) is 8.80. The molecule has 6 aromatic rings. The van der Waals surface area contributed by atoms with Gasteiger partial charge in [-0.05, 0) is 49.4 Å². The fourth-order valence-electron chi connectivity index (χ4n) is 4.29. The lowest BCUT2D eigenvalue weighted by atomic mass is 10.1. The van der Waals surface area contributed by atoms with Gasteiger partial charge in [-0.25, -0.2) is 0 Å². The van der Waals surface area contributed by atoms with Crippen molar-refractivity contribution >= 4 is 50.0 Å². The Balaban J connectivity index is 1.08. The van der Waals surface area contributed by atoms with Crippen molar-refractivity contribution < 1.29 is 4.74 Å². The summed E-state index contributed by atoms with van der Waals surface area (Å²) in [5, 5.41) is 15.9. The maximum Gasteiger partial charge on any atom is 0.134 e. The number of halogens is 1. The number of aryl methyl sites for hydroxylation is 1. The molecule has 2 aromatic carbocycles. The monoisotopic (exact) mass is 483 g/mol. The molecular weight excluding hydrogens is 462 g/mol. The number of pyridine rings is 2. The van der Waals surface area contributed by atoms with Crippen molar-refractivity contribution in [2.75, 3.05) is 11.9 Å². The van der Waals surface area contributed by atoms with E-state index >= 15 is 0 Å². The Kier molecular flexibility index (Phi) is 5.42. The first-order valence-corrected chi connectivity index (χ1v) is 11.7. The summed E-state index contributed by atoms with van der Waals surface area (Å²) >= 11 is 6.08. The zero-order chi connectivity index (χ0) is 23.8. The number of nitrogens with zero attached hydrogens (tertiary/aromatic N) is 5. The quantitative estimate of drug-likeness (QED) is 0.311. The minimum absolute atomic E-state index is 0.343. The number of aromatic nitrogens is 6. The van der Waals surface area contributed by atoms with E-state index in [2.05, 4.69) is 36.6 Å². The summed E-state index contributed by atoms with van der Waals surface area (Å²) in [6.45, 7) is 3.70. The van der Waals surface area contributed by atoms with E-state index in [-0.39, 0.29) is 0 Å². The summed E-state index contributed by atoms with van der Waals surface area (Å²) < 4.78 is 7.79. The van der Waals surface area contributed by atoms with Crippen LogP contribution in [0, 0.1) is 6.92 Å². The summed E-state index contributed by atoms with van der Waals surface area (Å²) in [5.41, 5.74) is 5.70. The third-order valence-corrected chi connectivity index (χ3v) is 6.25. The third-order valence-electron chi connectivity index (χ3n) is 6.02. The van der Waals surface area contributed by atoms with Gasteiger partial charge in [-0.15, -0.1) is 5.10 Å². The van der Waals surface area contributed by atoms with E-state index in [9.17, 15) is 0 Å². The van der Waals surface area contributed by atoms with Gasteiger partial charge >= 0.3 is 0 Å². The van der Waals surface area contributed by atoms with Crippen LogP contribution < -0.4 is 10.1 Å². The average Bonchev–Trinajstić information content (AvgIpc) is 3.47. The van der Waals surface area contributed by atoms with Crippen LogP contribution in [0.15, 0.2) is 67.1 Å². The van der Waals surface area contributed by atoms with Crippen molar-refractivity contribution in [3.8, 4) is 5.75 Å². The molecule has 9 heteroatoms. The number of ether oxygens (including phenoxy) is 1. The average molecular weight is 484 g/mol. The number of rotatable bonds is 7. The summed E-state index contributed by atoms with van der Waals surface area (Å²) in [4.78, 5) is 12.2. The Morgan fingerprint density at radius 1 is 1.00 bits per heavy atom. The molecule has 2 N–H and O–H groups in total. The first-order chi connectivity index (χ1) is 17.1. The lowest BCUT2D eigenvalue weighted by Gasteiger charge is -2.09. The van der Waals surface area contributed by atoms with Gasteiger partial charge in [0.2, 0.25) is 0 Å². The number of aromatic amines is 1. The molecule has 0 radical (unpaired) electrons. The minimum atomic E-state index is 0.343. The zero-order valence-corrected chi connectivity index (χ0v) is 19.8. The normalized spacial score (nSPS) is 11.5. The number of anilines is 1. The van der Waals surface area contributed by atoms with Crippen molar-refractivity contribution in [3.63, 3.8) is 0 Å². The first-order valence-electron chi connectivity index (χ1n) is 11.3. The molecule has 35 heavy (non-hydrogen) atoms. The van der Waals surface area contributed by atoms with Crippen molar-refractivity contribution in [2.24, 2.45) is 0 Å². The van der Waals surface area contributed by atoms with Gasteiger partial charge < -0.3 is 15.0 Å². The van der Waals surface area contributed by atoms with Crippen LogP contribution in [0.1, 0.15) is 11.4 Å². The van der Waals surface area contributed by atoms with E-state index in [1.807, 2.05) is 66.5 Å². The van der Waals surface area contributed by atoms with Crippen LogP contribution in [0.3, 0.4) is 0 Å². The zero-order valence-electron chi connectivity index (χ0n) is 19.0. The van der Waals surface area contributed by atoms with E-state index in [4.69, 9.17) is 16.3 Å². The van der Waals surface area contributed by atoms with E-state index < -0.39 is 0 Å². The standard InChI is InChI=1S/C26H22ClN7O/c1-16-26-21(6-8-28-16)20-5-3-19(13-25(20)31-26)35-15-18-14-34(33-32-18)11-10-30-23-7-9-29-24-12-17(27)2-4-22(23)24/h2-9,12-14,31H,10-11,15H2,1H3,(H,29,30). The SMILES string of the molecule is Cc1nccc2c1[nH]c1cc(OCc3cn(CCNc4ccnc5cc(Cl)ccc45)nn3)ccc12. The van der Waals surface area contributed by atoms with Gasteiger partial charge in [0.05, 0.1) is 35.0 Å². The molecule has 0 amide bonds. The molecule has 0 aliphatic carbocycles. The predicted molar refractivity (Wildman–Crippen MR) is 138 cm³/mol. The summed E-state index contributed by atoms with van der Waals surface area (Å²) in [5.74, 6) is 0.774. The lowest BCUT2D eigenvalue weighted by molar-refractivity contribution is 0.301. The highest BCUT2D eigenvalue weighted by molar-refractivity contribution is 6.31. The molecule has 0 aliphatic heterocycles. The second-order valence-electron chi connectivity index (χ2n) is 8.36. The van der Waals surface area contributed by atoms with Crippen LogP contribution in [0.5, 0.6) is 5.75 Å². The molecular formula is C26H22ClN7O. The van der Waals surface area contributed by atoms with E-state index in [1.54, 1.807) is 6.20 Å². The van der Waals surface area contributed by atoms with Gasteiger partial charge in [0.15, 0.2) is 0 Å². The van der Waals surface area contributed by atoms with Crippen molar-refractivity contribution in [3.05, 3.63) is 83.5 Å². The summed E-state index contributed by atoms with van der Waals surface area (Å²) in [6, 6.07) is 15.8. The van der Waals surface area contributed by atoms with Crippen molar-refractivity contribution in [1.82, 2.24) is 29.9 Å². The predicted octanol–water partition coefficient (Wildman–Crippen LogP) is 5.51. The molecule has 0 bridgehead atoms.